The van der Waals surface area contributed by atoms with Crippen LogP contribution in [0.25, 0.3) is 0 Å². The molecule has 3 aliphatic rings. The molecule has 2 saturated heterocycles. The fraction of sp³-hybridized carbons (Fsp3) is 0.353. The molecule has 3 heterocycles. The normalized spacial score (nSPS) is 33.3. The van der Waals surface area contributed by atoms with E-state index in [1.807, 2.05) is 19.1 Å². The summed E-state index contributed by atoms with van der Waals surface area (Å²) in [5, 5.41) is 0.196. The second-order valence-corrected chi connectivity index (χ2v) is 6.70. The predicted octanol–water partition coefficient (Wildman–Crippen LogP) is 1.96. The first-order valence-corrected chi connectivity index (χ1v) is 7.88. The Morgan fingerprint density at radius 2 is 2.08 bits per heavy atom. The van der Waals surface area contributed by atoms with Gasteiger partial charge in [0.2, 0.25) is 11.8 Å². The summed E-state index contributed by atoms with van der Waals surface area (Å²) >= 11 is 6.00. The van der Waals surface area contributed by atoms with Crippen LogP contribution < -0.4 is 4.90 Å². The molecule has 124 valence electrons. The highest BCUT2D eigenvalue weighted by Crippen LogP contribution is 2.52. The van der Waals surface area contributed by atoms with Crippen molar-refractivity contribution in [1.29, 1.82) is 0 Å². The first kappa shape index (κ1) is 15.4. The van der Waals surface area contributed by atoms with Gasteiger partial charge in [0.1, 0.15) is 0 Å². The third-order valence-corrected chi connectivity index (χ3v) is 5.27. The number of carbonyl (C=O) groups excluding carboxylic acids is 3. The molecule has 0 saturated carbocycles. The summed E-state index contributed by atoms with van der Waals surface area (Å²) < 4.78 is 10.5. The van der Waals surface area contributed by atoms with Crippen LogP contribution in [0.2, 0.25) is 5.02 Å². The molecular formula is C17H14ClNO5. The van der Waals surface area contributed by atoms with Gasteiger partial charge in [0.25, 0.3) is 0 Å². The van der Waals surface area contributed by atoms with E-state index >= 15 is 0 Å². The standard InChI is InChI=1S/C17H14ClNO5/c1-17-6-5-11(24-17)12-13(17)15(21)19(14(12)20)8-3-4-10(18)9(7-8)16(22)23-2/h3-7,11-13H,1-2H3/t11-,12-,13-,17+/m1/s1. The molecule has 1 aromatic carbocycles. The number of rotatable bonds is 2. The minimum absolute atomic E-state index is 0.109. The van der Waals surface area contributed by atoms with E-state index in [0.717, 1.165) is 4.90 Å². The zero-order valence-corrected chi connectivity index (χ0v) is 13.7. The number of amides is 2. The number of imide groups is 1. The smallest absolute Gasteiger partial charge is 0.339 e. The quantitative estimate of drug-likeness (QED) is 0.464. The molecule has 2 fully saturated rings. The number of benzene rings is 1. The highest BCUT2D eigenvalue weighted by Gasteiger charge is 2.66. The number of anilines is 1. The van der Waals surface area contributed by atoms with Gasteiger partial charge in [-0.15, -0.1) is 0 Å². The lowest BCUT2D eigenvalue weighted by molar-refractivity contribution is -0.126. The minimum Gasteiger partial charge on any atom is -0.465 e. The summed E-state index contributed by atoms with van der Waals surface area (Å²) in [6, 6.07) is 4.43. The maximum atomic E-state index is 12.9. The number of methoxy groups -OCH3 is 1. The summed E-state index contributed by atoms with van der Waals surface area (Å²) in [5.41, 5.74) is -0.334. The molecule has 1 aromatic rings. The van der Waals surface area contributed by atoms with E-state index in [-0.39, 0.29) is 28.5 Å². The van der Waals surface area contributed by atoms with Crippen molar-refractivity contribution in [2.24, 2.45) is 11.8 Å². The van der Waals surface area contributed by atoms with E-state index in [2.05, 4.69) is 4.74 Å². The highest BCUT2D eigenvalue weighted by molar-refractivity contribution is 6.34. The number of carbonyl (C=O) groups is 3. The zero-order chi connectivity index (χ0) is 17.2. The Labute approximate surface area is 143 Å². The van der Waals surface area contributed by atoms with Crippen LogP contribution in [-0.2, 0) is 19.1 Å². The molecule has 24 heavy (non-hydrogen) atoms. The van der Waals surface area contributed by atoms with Crippen molar-refractivity contribution < 1.29 is 23.9 Å². The number of hydrogen-bond acceptors (Lipinski definition) is 5. The van der Waals surface area contributed by atoms with Crippen molar-refractivity contribution in [2.45, 2.75) is 18.6 Å². The van der Waals surface area contributed by atoms with Crippen LogP contribution in [0.1, 0.15) is 17.3 Å². The minimum atomic E-state index is -0.756. The van der Waals surface area contributed by atoms with E-state index in [1.165, 1.54) is 19.2 Å². The van der Waals surface area contributed by atoms with Gasteiger partial charge in [-0.2, -0.15) is 0 Å². The van der Waals surface area contributed by atoms with E-state index in [9.17, 15) is 14.4 Å². The molecule has 7 heteroatoms. The van der Waals surface area contributed by atoms with Crippen molar-refractivity contribution >= 4 is 35.1 Å². The highest BCUT2D eigenvalue weighted by atomic mass is 35.5. The molecule has 3 aliphatic heterocycles. The van der Waals surface area contributed by atoms with E-state index in [4.69, 9.17) is 16.3 Å². The Morgan fingerprint density at radius 1 is 1.33 bits per heavy atom. The number of hydrogen-bond donors (Lipinski definition) is 0. The third-order valence-electron chi connectivity index (χ3n) is 4.94. The predicted molar refractivity (Wildman–Crippen MR) is 84.7 cm³/mol. The van der Waals surface area contributed by atoms with Gasteiger partial charge in [0.05, 0.1) is 46.9 Å². The molecule has 6 nitrogen and oxygen atoms in total. The molecule has 0 unspecified atom stereocenters. The summed E-state index contributed by atoms with van der Waals surface area (Å²) in [4.78, 5) is 38.6. The SMILES string of the molecule is COC(=O)c1cc(N2C(=O)[C@@H]3[C@H]4C=C[C@](C)(O4)[C@H]3C2=O)ccc1Cl. The van der Waals surface area contributed by atoms with Crippen molar-refractivity contribution in [2.75, 3.05) is 12.0 Å². The topological polar surface area (TPSA) is 72.9 Å². The zero-order valence-electron chi connectivity index (χ0n) is 13.0. The molecule has 0 aromatic heterocycles. The summed E-state index contributed by atoms with van der Waals surface area (Å²) in [6.45, 7) is 1.81. The van der Waals surface area contributed by atoms with Crippen LogP contribution in [0, 0.1) is 11.8 Å². The largest absolute Gasteiger partial charge is 0.465 e. The number of esters is 1. The summed E-state index contributed by atoms with van der Waals surface area (Å²) in [7, 11) is 1.24. The average Bonchev–Trinajstić information content (AvgIpc) is 3.16. The molecule has 4 rings (SSSR count). The van der Waals surface area contributed by atoms with Gasteiger partial charge in [0.15, 0.2) is 0 Å². The Hall–Kier alpha value is -2.18. The van der Waals surface area contributed by atoms with Crippen molar-refractivity contribution in [3.63, 3.8) is 0 Å². The molecule has 2 amide bonds. The molecular weight excluding hydrogens is 334 g/mol. The maximum absolute atomic E-state index is 12.9. The van der Waals surface area contributed by atoms with Crippen LogP contribution in [-0.4, -0.2) is 36.6 Å². The van der Waals surface area contributed by atoms with E-state index < -0.39 is 23.4 Å². The van der Waals surface area contributed by atoms with Crippen LogP contribution in [0.3, 0.4) is 0 Å². The lowest BCUT2D eigenvalue weighted by atomic mass is 9.78. The van der Waals surface area contributed by atoms with Gasteiger partial charge in [-0.3, -0.25) is 9.59 Å². The van der Waals surface area contributed by atoms with Gasteiger partial charge in [-0.05, 0) is 25.1 Å². The van der Waals surface area contributed by atoms with Crippen LogP contribution in [0.4, 0.5) is 5.69 Å². The number of halogens is 1. The lowest BCUT2D eigenvalue weighted by Crippen LogP contribution is -2.38. The van der Waals surface area contributed by atoms with Gasteiger partial charge < -0.3 is 9.47 Å². The van der Waals surface area contributed by atoms with Crippen molar-refractivity contribution in [1.82, 2.24) is 0 Å². The van der Waals surface area contributed by atoms with Crippen molar-refractivity contribution in [3.05, 3.63) is 40.9 Å². The number of nitrogens with zero attached hydrogens (tertiary/aromatic N) is 1. The van der Waals surface area contributed by atoms with Gasteiger partial charge in [-0.1, -0.05) is 23.8 Å². The molecule has 0 N–H and O–H groups in total. The molecule has 4 atom stereocenters. The van der Waals surface area contributed by atoms with Crippen LogP contribution in [0.15, 0.2) is 30.4 Å². The molecule has 0 aliphatic carbocycles. The fourth-order valence-electron chi connectivity index (χ4n) is 3.83. The van der Waals surface area contributed by atoms with Crippen molar-refractivity contribution in [3.8, 4) is 0 Å². The summed E-state index contributed by atoms with van der Waals surface area (Å²) in [5.74, 6) is -2.33. The Kier molecular flexibility index (Phi) is 3.14. The second-order valence-electron chi connectivity index (χ2n) is 6.30. The van der Waals surface area contributed by atoms with Crippen LogP contribution in [0.5, 0.6) is 0 Å². The maximum Gasteiger partial charge on any atom is 0.339 e. The van der Waals surface area contributed by atoms with E-state index in [1.54, 1.807) is 6.07 Å². The monoisotopic (exact) mass is 347 g/mol. The van der Waals surface area contributed by atoms with Gasteiger partial charge >= 0.3 is 5.97 Å². The fourth-order valence-corrected chi connectivity index (χ4v) is 4.02. The Bertz CT molecular complexity index is 819. The van der Waals surface area contributed by atoms with Gasteiger partial charge in [0, 0.05) is 0 Å². The Balaban J connectivity index is 1.76. The molecule has 0 spiro atoms. The Morgan fingerprint density at radius 3 is 2.75 bits per heavy atom. The first-order chi connectivity index (χ1) is 11.4. The lowest BCUT2D eigenvalue weighted by Gasteiger charge is -2.24. The number of ether oxygens (including phenoxy) is 2. The number of fused-ring (bicyclic) bond motifs is 5. The third kappa shape index (κ3) is 1.84. The second kappa shape index (κ2) is 4.91. The molecule has 0 radical (unpaired) electrons. The van der Waals surface area contributed by atoms with Crippen LogP contribution >= 0.6 is 11.6 Å². The van der Waals surface area contributed by atoms with Gasteiger partial charge in [-0.25, -0.2) is 9.69 Å². The molecule has 2 bridgehead atoms. The summed E-state index contributed by atoms with van der Waals surface area (Å²) in [6.07, 6.45) is 3.29. The van der Waals surface area contributed by atoms with E-state index in [0.29, 0.717) is 5.69 Å². The first-order valence-electron chi connectivity index (χ1n) is 7.50. The average molecular weight is 348 g/mol.